The zero-order valence-corrected chi connectivity index (χ0v) is 13.1. The van der Waals surface area contributed by atoms with Crippen molar-refractivity contribution in [2.75, 3.05) is 32.5 Å². The zero-order chi connectivity index (χ0) is 16.8. The van der Waals surface area contributed by atoms with E-state index in [1.807, 2.05) is 19.0 Å². The van der Waals surface area contributed by atoms with Crippen molar-refractivity contribution in [3.8, 4) is 11.3 Å². The minimum absolute atomic E-state index is 0.154. The summed E-state index contributed by atoms with van der Waals surface area (Å²) in [4.78, 5) is 10.1. The van der Waals surface area contributed by atoms with Gasteiger partial charge < -0.3 is 10.2 Å². The van der Waals surface area contributed by atoms with Crippen molar-refractivity contribution in [2.24, 2.45) is 0 Å². The van der Waals surface area contributed by atoms with Crippen molar-refractivity contribution in [1.82, 2.24) is 14.9 Å². The quantitative estimate of drug-likeness (QED) is 0.790. The molecule has 1 N–H and O–H groups in total. The van der Waals surface area contributed by atoms with E-state index in [4.69, 9.17) is 0 Å². The molecular formula is C16H19F3N4. The predicted molar refractivity (Wildman–Crippen MR) is 84.0 cm³/mol. The highest BCUT2D eigenvalue weighted by Crippen LogP contribution is 2.24. The molecule has 0 bridgehead atoms. The van der Waals surface area contributed by atoms with Crippen LogP contribution in [0.5, 0.6) is 0 Å². The molecule has 0 aliphatic carbocycles. The Morgan fingerprint density at radius 2 is 1.83 bits per heavy atom. The van der Waals surface area contributed by atoms with Crippen molar-refractivity contribution in [1.29, 1.82) is 0 Å². The van der Waals surface area contributed by atoms with Crippen molar-refractivity contribution < 1.29 is 13.2 Å². The highest BCUT2D eigenvalue weighted by atomic mass is 19.3. The number of aromatic nitrogens is 2. The molecule has 0 saturated carbocycles. The standard InChI is InChI=1S/C16H19F3N4/c1-23(2)9-3-8-20-16-21-13(10-14(22-16)15(18)19)11-4-6-12(17)7-5-11/h4-7,10,15H,3,8-9H2,1-2H3,(H,20,21,22). The molecule has 0 saturated heterocycles. The van der Waals surface area contributed by atoms with Gasteiger partial charge in [-0.1, -0.05) is 0 Å². The topological polar surface area (TPSA) is 41.0 Å². The molecule has 1 heterocycles. The lowest BCUT2D eigenvalue weighted by molar-refractivity contribution is 0.146. The smallest absolute Gasteiger partial charge is 0.280 e. The number of hydrogen-bond acceptors (Lipinski definition) is 4. The number of benzene rings is 1. The second kappa shape index (κ2) is 7.92. The highest BCUT2D eigenvalue weighted by Gasteiger charge is 2.14. The van der Waals surface area contributed by atoms with Crippen LogP contribution in [0.4, 0.5) is 19.1 Å². The van der Waals surface area contributed by atoms with Crippen LogP contribution in [0.2, 0.25) is 0 Å². The summed E-state index contributed by atoms with van der Waals surface area (Å²) >= 11 is 0. The van der Waals surface area contributed by atoms with Crippen LogP contribution in [0.3, 0.4) is 0 Å². The monoisotopic (exact) mass is 324 g/mol. The molecule has 0 aliphatic heterocycles. The lowest BCUT2D eigenvalue weighted by atomic mass is 10.1. The first-order chi connectivity index (χ1) is 11.0. The maximum absolute atomic E-state index is 13.0. The molecule has 1 aromatic heterocycles. The molecule has 0 radical (unpaired) electrons. The number of nitrogens with one attached hydrogen (secondary N) is 1. The third-order valence-corrected chi connectivity index (χ3v) is 3.17. The average Bonchev–Trinajstić information content (AvgIpc) is 2.52. The normalized spacial score (nSPS) is 11.3. The number of hydrogen-bond donors (Lipinski definition) is 1. The first-order valence-electron chi connectivity index (χ1n) is 7.27. The van der Waals surface area contributed by atoms with Crippen LogP contribution in [-0.4, -0.2) is 42.1 Å². The number of alkyl halides is 2. The molecule has 0 spiro atoms. The SMILES string of the molecule is CN(C)CCCNc1nc(-c2ccc(F)cc2)cc(C(F)F)n1. The van der Waals surface area contributed by atoms with Gasteiger partial charge in [0, 0.05) is 12.1 Å². The van der Waals surface area contributed by atoms with Crippen LogP contribution >= 0.6 is 0 Å². The number of anilines is 1. The van der Waals surface area contributed by atoms with E-state index in [-0.39, 0.29) is 17.5 Å². The summed E-state index contributed by atoms with van der Waals surface area (Å²) in [6.45, 7) is 1.44. The van der Waals surface area contributed by atoms with Crippen LogP contribution in [0, 0.1) is 5.82 Å². The number of halogens is 3. The van der Waals surface area contributed by atoms with Crippen molar-refractivity contribution in [3.63, 3.8) is 0 Å². The molecular weight excluding hydrogens is 305 g/mol. The lowest BCUT2D eigenvalue weighted by Crippen LogP contribution is -2.17. The van der Waals surface area contributed by atoms with Crippen molar-refractivity contribution in [2.45, 2.75) is 12.8 Å². The molecule has 23 heavy (non-hydrogen) atoms. The van der Waals surface area contributed by atoms with E-state index in [0.717, 1.165) is 13.0 Å². The lowest BCUT2D eigenvalue weighted by Gasteiger charge is -2.11. The summed E-state index contributed by atoms with van der Waals surface area (Å²) in [5.41, 5.74) is 0.548. The molecule has 2 aromatic rings. The molecule has 7 heteroatoms. The van der Waals surface area contributed by atoms with Crippen LogP contribution in [0.1, 0.15) is 18.5 Å². The Kier molecular flexibility index (Phi) is 5.92. The van der Waals surface area contributed by atoms with Crippen LogP contribution in [0.25, 0.3) is 11.3 Å². The van der Waals surface area contributed by atoms with Gasteiger partial charge in [0.1, 0.15) is 11.5 Å². The third-order valence-electron chi connectivity index (χ3n) is 3.17. The van der Waals surface area contributed by atoms with Crippen molar-refractivity contribution in [3.05, 3.63) is 41.8 Å². The summed E-state index contributed by atoms with van der Waals surface area (Å²) in [6, 6.07) is 6.77. The minimum Gasteiger partial charge on any atom is -0.354 e. The van der Waals surface area contributed by atoms with Gasteiger partial charge >= 0.3 is 0 Å². The second-order valence-corrected chi connectivity index (χ2v) is 5.39. The van der Waals surface area contributed by atoms with E-state index in [1.165, 1.54) is 30.3 Å². The predicted octanol–water partition coefficient (Wildman–Crippen LogP) is 3.58. The van der Waals surface area contributed by atoms with Crippen LogP contribution < -0.4 is 5.32 Å². The average molecular weight is 324 g/mol. The largest absolute Gasteiger partial charge is 0.354 e. The maximum atomic E-state index is 13.0. The molecule has 2 rings (SSSR count). The first-order valence-corrected chi connectivity index (χ1v) is 7.27. The molecule has 1 aromatic carbocycles. The van der Waals surface area contributed by atoms with Gasteiger partial charge in [-0.3, -0.25) is 0 Å². The van der Waals surface area contributed by atoms with E-state index in [0.29, 0.717) is 17.8 Å². The Balaban J connectivity index is 2.19. The van der Waals surface area contributed by atoms with Gasteiger partial charge in [-0.25, -0.2) is 23.1 Å². The Morgan fingerprint density at radius 3 is 2.43 bits per heavy atom. The fourth-order valence-corrected chi connectivity index (χ4v) is 2.02. The molecule has 4 nitrogen and oxygen atoms in total. The molecule has 0 fully saturated rings. The molecule has 0 amide bonds. The Morgan fingerprint density at radius 1 is 1.13 bits per heavy atom. The van der Waals surface area contributed by atoms with Gasteiger partial charge in [-0.15, -0.1) is 0 Å². The zero-order valence-electron chi connectivity index (χ0n) is 13.1. The third kappa shape index (κ3) is 5.21. The van der Waals surface area contributed by atoms with Gasteiger partial charge in [0.15, 0.2) is 0 Å². The van der Waals surface area contributed by atoms with E-state index in [2.05, 4.69) is 15.3 Å². The van der Waals surface area contributed by atoms with Gasteiger partial charge in [-0.05, 0) is 57.4 Å². The molecule has 124 valence electrons. The number of nitrogens with zero attached hydrogens (tertiary/aromatic N) is 3. The first kappa shape index (κ1) is 17.2. The summed E-state index contributed by atoms with van der Waals surface area (Å²) < 4.78 is 39.0. The van der Waals surface area contributed by atoms with E-state index < -0.39 is 6.43 Å². The number of rotatable bonds is 7. The molecule has 0 atom stereocenters. The summed E-state index contributed by atoms with van der Waals surface area (Å²) in [6.07, 6.45) is -1.86. The van der Waals surface area contributed by atoms with Gasteiger partial charge in [-0.2, -0.15) is 0 Å². The fourth-order valence-electron chi connectivity index (χ4n) is 2.02. The van der Waals surface area contributed by atoms with Crippen LogP contribution in [0.15, 0.2) is 30.3 Å². The van der Waals surface area contributed by atoms with Crippen molar-refractivity contribution >= 4 is 5.95 Å². The Hall–Kier alpha value is -2.15. The minimum atomic E-state index is -2.69. The van der Waals surface area contributed by atoms with Gasteiger partial charge in [0.05, 0.1) is 5.69 Å². The van der Waals surface area contributed by atoms with E-state index in [1.54, 1.807) is 0 Å². The molecule has 0 unspecified atom stereocenters. The van der Waals surface area contributed by atoms with E-state index in [9.17, 15) is 13.2 Å². The molecule has 0 aliphatic rings. The van der Waals surface area contributed by atoms with Gasteiger partial charge in [0.2, 0.25) is 5.95 Å². The Labute approximate surface area is 133 Å². The summed E-state index contributed by atoms with van der Waals surface area (Å²) in [5, 5.41) is 2.96. The summed E-state index contributed by atoms with van der Waals surface area (Å²) in [5.74, 6) is -0.236. The second-order valence-electron chi connectivity index (χ2n) is 5.39. The maximum Gasteiger partial charge on any atom is 0.280 e. The van der Waals surface area contributed by atoms with Gasteiger partial charge in [0.25, 0.3) is 6.43 Å². The van der Waals surface area contributed by atoms with E-state index >= 15 is 0 Å². The fraction of sp³-hybridized carbons (Fsp3) is 0.375. The summed E-state index contributed by atoms with van der Waals surface area (Å²) in [7, 11) is 3.92. The highest BCUT2D eigenvalue weighted by molar-refractivity contribution is 5.60. The Bertz CT molecular complexity index is 630. The van der Waals surface area contributed by atoms with Crippen LogP contribution in [-0.2, 0) is 0 Å².